The van der Waals surface area contributed by atoms with E-state index in [0.717, 1.165) is 0 Å². The zero-order valence-corrected chi connectivity index (χ0v) is 36.3. The molecule has 0 amide bonds. The standard InChI is InChI=1S/2C24H23.C2H4.2ClH.Zr/c2*1-16(2)19-14-21-17(3)12-13-24(4,23(21)15-19)22-11-7-9-18-8-5-6-10-20(18)22;1-2;;;/h2*5-13,15-16H,1-4H3;1-2H2;2*1H;/q;;;;;+2/p-2. The van der Waals surface area contributed by atoms with Crippen LogP contribution < -0.4 is 24.8 Å². The second kappa shape index (κ2) is 13.5. The van der Waals surface area contributed by atoms with E-state index in [-0.39, 0.29) is 35.6 Å². The molecule has 4 aliphatic carbocycles. The van der Waals surface area contributed by atoms with Crippen LogP contribution in [0.3, 0.4) is 0 Å². The molecule has 0 radical (unpaired) electrons. The van der Waals surface area contributed by atoms with Gasteiger partial charge in [0.05, 0.1) is 0 Å². The van der Waals surface area contributed by atoms with Crippen molar-refractivity contribution in [2.75, 3.05) is 0 Å². The normalized spacial score (nSPS) is 23.6. The molecule has 1 aliphatic heterocycles. The predicted octanol–water partition coefficient (Wildman–Crippen LogP) is 7.69. The van der Waals surface area contributed by atoms with Gasteiger partial charge in [-0.15, -0.1) is 0 Å². The van der Waals surface area contributed by atoms with Crippen molar-refractivity contribution in [3.63, 3.8) is 0 Å². The molecule has 5 aliphatic rings. The fourth-order valence-electron chi connectivity index (χ4n) is 10.2. The summed E-state index contributed by atoms with van der Waals surface area (Å²) >= 11 is -3.18. The summed E-state index contributed by atoms with van der Waals surface area (Å²) in [7, 11) is 0. The molecule has 268 valence electrons. The van der Waals surface area contributed by atoms with E-state index >= 15 is 0 Å². The largest absolute Gasteiger partial charge is 1.00 e. The van der Waals surface area contributed by atoms with Crippen molar-refractivity contribution in [2.24, 2.45) is 11.8 Å². The molecule has 0 spiro atoms. The Balaban J connectivity index is 0.00000218. The maximum absolute atomic E-state index is 3.18. The third kappa shape index (κ3) is 5.46. The Morgan fingerprint density at radius 1 is 0.528 bits per heavy atom. The Kier molecular flexibility index (Phi) is 9.71. The van der Waals surface area contributed by atoms with Crippen LogP contribution in [-0.2, 0) is 31.1 Å². The first kappa shape index (κ1) is 38.1. The van der Waals surface area contributed by atoms with E-state index in [1.807, 2.05) is 6.56 Å². The van der Waals surface area contributed by atoms with Crippen molar-refractivity contribution >= 4 is 21.5 Å². The van der Waals surface area contributed by atoms with E-state index in [1.165, 1.54) is 63.2 Å². The summed E-state index contributed by atoms with van der Waals surface area (Å²) in [4.78, 5) is 0. The van der Waals surface area contributed by atoms with Crippen LogP contribution in [0.15, 0.2) is 173 Å². The van der Waals surface area contributed by atoms with Crippen LogP contribution in [0.25, 0.3) is 21.5 Å². The molecule has 0 bridgehead atoms. The van der Waals surface area contributed by atoms with Gasteiger partial charge in [-0.3, -0.25) is 0 Å². The number of rotatable bonds is 6. The second-order valence-electron chi connectivity index (χ2n) is 16.9. The van der Waals surface area contributed by atoms with E-state index in [9.17, 15) is 0 Å². The minimum atomic E-state index is -3.18. The van der Waals surface area contributed by atoms with Crippen LogP contribution in [0.1, 0.15) is 66.5 Å². The Bertz CT molecular complexity index is 2290. The zero-order chi connectivity index (χ0) is 35.4. The number of fused-ring (bicyclic) bond motifs is 4. The molecule has 0 nitrogen and oxygen atoms in total. The van der Waals surface area contributed by atoms with E-state index in [2.05, 4.69) is 177 Å². The number of hydrogen-bond acceptors (Lipinski definition) is 0. The van der Waals surface area contributed by atoms with Gasteiger partial charge < -0.3 is 24.8 Å². The summed E-state index contributed by atoms with van der Waals surface area (Å²) in [6.45, 7) is 19.6. The number of hydrogen-bond donors (Lipinski definition) is 0. The minimum absolute atomic E-state index is 0. The van der Waals surface area contributed by atoms with Crippen molar-refractivity contribution in [3.8, 4) is 0 Å². The molecule has 4 aromatic rings. The summed E-state index contributed by atoms with van der Waals surface area (Å²) in [5, 5.41) is 5.38. The van der Waals surface area contributed by atoms with Crippen LogP contribution >= 0.6 is 0 Å². The first-order valence-electron chi connectivity index (χ1n) is 19.2. The maximum atomic E-state index is 2.68. The summed E-state index contributed by atoms with van der Waals surface area (Å²) in [5.41, 5.74) is 14.9. The van der Waals surface area contributed by atoms with Gasteiger partial charge in [0.1, 0.15) is 0 Å². The maximum Gasteiger partial charge on any atom is -1.00 e. The predicted molar refractivity (Wildman–Crippen MR) is 216 cm³/mol. The van der Waals surface area contributed by atoms with Crippen molar-refractivity contribution < 1.29 is 45.1 Å². The molecule has 1 heterocycles. The van der Waals surface area contributed by atoms with Gasteiger partial charge >= 0.3 is 312 Å². The molecule has 1 saturated heterocycles. The van der Waals surface area contributed by atoms with E-state index in [4.69, 9.17) is 0 Å². The molecule has 0 aromatic heterocycles. The van der Waals surface area contributed by atoms with Crippen LogP contribution in [-0.4, -0.2) is 0 Å². The van der Waals surface area contributed by atoms with Crippen molar-refractivity contribution in [1.82, 2.24) is 0 Å². The molecule has 2 unspecified atom stereocenters. The van der Waals surface area contributed by atoms with Crippen molar-refractivity contribution in [3.05, 3.63) is 184 Å². The van der Waals surface area contributed by atoms with Gasteiger partial charge in [-0.05, 0) is 0 Å². The number of benzene rings is 4. The topological polar surface area (TPSA) is 0 Å². The zero-order valence-electron chi connectivity index (χ0n) is 32.4. The van der Waals surface area contributed by atoms with Gasteiger partial charge in [0, 0.05) is 0 Å². The minimum Gasteiger partial charge on any atom is -1.00 e. The Hall–Kier alpha value is -3.22. The van der Waals surface area contributed by atoms with Gasteiger partial charge in [-0.1, -0.05) is 0 Å². The molecular formula is C50H50Cl2Zr. The quantitative estimate of drug-likeness (QED) is 0.188. The molecule has 2 atom stereocenters. The van der Waals surface area contributed by atoms with Crippen LogP contribution in [0.4, 0.5) is 0 Å². The monoisotopic (exact) mass is 810 g/mol. The van der Waals surface area contributed by atoms with Crippen LogP contribution in [0, 0.1) is 11.8 Å². The smallest absolute Gasteiger partial charge is 1.00 e. The van der Waals surface area contributed by atoms with Crippen LogP contribution in [0.5, 0.6) is 0 Å². The fourth-order valence-corrected chi connectivity index (χ4v) is 26.0. The van der Waals surface area contributed by atoms with Gasteiger partial charge in [0.2, 0.25) is 0 Å². The molecule has 0 saturated carbocycles. The average molecular weight is 813 g/mol. The number of allylic oxidation sites excluding steroid dienone is 16. The Morgan fingerprint density at radius 3 is 1.28 bits per heavy atom. The molecule has 53 heavy (non-hydrogen) atoms. The van der Waals surface area contributed by atoms with Gasteiger partial charge in [0.15, 0.2) is 0 Å². The number of halogens is 2. The third-order valence-corrected chi connectivity index (χ3v) is 24.1. The molecular weight excluding hydrogens is 763 g/mol. The summed E-state index contributed by atoms with van der Waals surface area (Å²) < 4.78 is 6.47. The molecule has 1 fully saturated rings. The SMILES string of the molecule is CC1=C2C(=CC(C(C)C)=[C]2[Zr+2]2([C]3=C(C(C)C)C=C4C3=C(C)C=CC4(C)c3cccc4ccccc34)[CH2][CH2]2)C(C)(c2cccc3ccccc23)C=C1.[Cl-].[Cl-]. The third-order valence-electron chi connectivity index (χ3n) is 13.1. The van der Waals surface area contributed by atoms with E-state index < -0.39 is 20.3 Å². The molecule has 4 aromatic carbocycles. The van der Waals surface area contributed by atoms with Gasteiger partial charge in [-0.2, -0.15) is 0 Å². The van der Waals surface area contributed by atoms with E-state index in [1.54, 1.807) is 22.3 Å². The van der Waals surface area contributed by atoms with Crippen molar-refractivity contribution in [2.45, 2.75) is 74.5 Å². The molecule has 0 N–H and O–H groups in total. The summed E-state index contributed by atoms with van der Waals surface area (Å²) in [5.74, 6) is 0.951. The van der Waals surface area contributed by atoms with E-state index in [0.29, 0.717) is 11.8 Å². The first-order chi connectivity index (χ1) is 24.5. The molecule has 3 heteroatoms. The van der Waals surface area contributed by atoms with Crippen LogP contribution in [0.2, 0.25) is 8.26 Å². The van der Waals surface area contributed by atoms with Crippen molar-refractivity contribution in [1.29, 1.82) is 0 Å². The Morgan fingerprint density at radius 2 is 0.906 bits per heavy atom. The summed E-state index contributed by atoms with van der Waals surface area (Å²) in [6.07, 6.45) is 15.3. The average Bonchev–Trinajstić information content (AvgIpc) is 3.61. The van der Waals surface area contributed by atoms with Gasteiger partial charge in [0.25, 0.3) is 0 Å². The Labute approximate surface area is 334 Å². The summed E-state index contributed by atoms with van der Waals surface area (Å²) in [6, 6.07) is 31.8. The fraction of sp³-hybridized carbons (Fsp3) is 0.280. The first-order valence-corrected chi connectivity index (χ1v) is 25.1. The second-order valence-corrected chi connectivity index (χ2v) is 27.1. The molecule has 9 rings (SSSR count). The van der Waals surface area contributed by atoms with Gasteiger partial charge in [-0.25, -0.2) is 0 Å².